The van der Waals surface area contributed by atoms with E-state index in [2.05, 4.69) is 4.98 Å². The van der Waals surface area contributed by atoms with Gasteiger partial charge in [0.05, 0.1) is 6.54 Å². The van der Waals surface area contributed by atoms with Crippen LogP contribution in [0.15, 0.2) is 78.0 Å². The zero-order valence-corrected chi connectivity index (χ0v) is 17.0. The van der Waals surface area contributed by atoms with E-state index in [0.717, 1.165) is 22.7 Å². The van der Waals surface area contributed by atoms with Gasteiger partial charge in [0.15, 0.2) is 0 Å². The van der Waals surface area contributed by atoms with Gasteiger partial charge in [-0.15, -0.1) is 0 Å². The van der Waals surface area contributed by atoms with Crippen LogP contribution in [0.5, 0.6) is 5.75 Å². The van der Waals surface area contributed by atoms with Crippen molar-refractivity contribution in [3.05, 3.63) is 106 Å². The van der Waals surface area contributed by atoms with E-state index in [1.807, 2.05) is 42.1 Å². The van der Waals surface area contributed by atoms with Gasteiger partial charge in [0, 0.05) is 42.3 Å². The lowest BCUT2D eigenvalue weighted by Crippen LogP contribution is -2.19. The third-order valence-electron chi connectivity index (χ3n) is 4.82. The monoisotopic (exact) mass is 423 g/mol. The van der Waals surface area contributed by atoms with Gasteiger partial charge in [-0.25, -0.2) is 9.37 Å². The Labute approximate surface area is 178 Å². The second-order valence-corrected chi connectivity index (χ2v) is 7.32. The molecule has 0 fully saturated rings. The summed E-state index contributed by atoms with van der Waals surface area (Å²) in [6.45, 7) is 0.501. The fraction of sp³-hybridized carbons (Fsp3) is 0.130. The maximum Gasteiger partial charge on any atom is 0.250 e. The molecule has 0 aliphatic heterocycles. The number of halogens is 2. The first-order valence-electron chi connectivity index (χ1n) is 9.33. The summed E-state index contributed by atoms with van der Waals surface area (Å²) in [5.74, 6) is 1.12. The smallest absolute Gasteiger partial charge is 0.250 e. The number of ether oxygens (including phenoxy) is 1. The number of aromatic nitrogens is 3. The molecule has 0 saturated heterocycles. The molecule has 7 heteroatoms. The van der Waals surface area contributed by atoms with E-state index < -0.39 is 5.82 Å². The zero-order chi connectivity index (χ0) is 21.1. The van der Waals surface area contributed by atoms with Crippen molar-refractivity contribution in [3.63, 3.8) is 0 Å². The molecule has 0 radical (unpaired) electrons. The Morgan fingerprint density at radius 1 is 1.07 bits per heavy atom. The van der Waals surface area contributed by atoms with Crippen LogP contribution in [0, 0.1) is 5.82 Å². The summed E-state index contributed by atoms with van der Waals surface area (Å²) in [5.41, 5.74) is 1.96. The minimum absolute atomic E-state index is 0.126. The SMILES string of the molecule is Cn1ccnc1COc1ccc(-c2ccc(=O)n(Cc3ccc(Cl)cc3F)c2)cc1. The minimum atomic E-state index is -0.436. The van der Waals surface area contributed by atoms with E-state index in [-0.39, 0.29) is 12.1 Å². The predicted octanol–water partition coefficient (Wildman–Crippen LogP) is 4.67. The first-order valence-corrected chi connectivity index (χ1v) is 9.71. The van der Waals surface area contributed by atoms with Crippen LogP contribution in [-0.4, -0.2) is 14.1 Å². The molecule has 0 amide bonds. The number of pyridine rings is 1. The fourth-order valence-corrected chi connectivity index (χ4v) is 3.24. The molecule has 0 atom stereocenters. The van der Waals surface area contributed by atoms with Gasteiger partial charge in [-0.1, -0.05) is 29.8 Å². The molecule has 0 N–H and O–H groups in total. The number of imidazole rings is 1. The first-order chi connectivity index (χ1) is 14.5. The second kappa shape index (κ2) is 8.55. The van der Waals surface area contributed by atoms with Crippen molar-refractivity contribution in [2.24, 2.45) is 7.05 Å². The maximum atomic E-state index is 14.1. The number of nitrogens with zero attached hydrogens (tertiary/aromatic N) is 3. The highest BCUT2D eigenvalue weighted by Crippen LogP contribution is 2.23. The summed E-state index contributed by atoms with van der Waals surface area (Å²) < 4.78 is 23.3. The fourth-order valence-electron chi connectivity index (χ4n) is 3.09. The summed E-state index contributed by atoms with van der Waals surface area (Å²) in [5, 5.41) is 0.322. The maximum absolute atomic E-state index is 14.1. The first kappa shape index (κ1) is 19.9. The Kier molecular flexibility index (Phi) is 5.68. The van der Waals surface area contributed by atoms with E-state index in [4.69, 9.17) is 16.3 Å². The van der Waals surface area contributed by atoms with Gasteiger partial charge in [0.2, 0.25) is 0 Å². The Hall–Kier alpha value is -3.38. The molecule has 152 valence electrons. The summed E-state index contributed by atoms with van der Waals surface area (Å²) in [6.07, 6.45) is 5.32. The molecule has 4 aromatic rings. The van der Waals surface area contributed by atoms with Crippen LogP contribution in [0.1, 0.15) is 11.4 Å². The van der Waals surface area contributed by atoms with Crippen molar-refractivity contribution in [1.82, 2.24) is 14.1 Å². The predicted molar refractivity (Wildman–Crippen MR) is 114 cm³/mol. The van der Waals surface area contributed by atoms with Crippen LogP contribution in [0.3, 0.4) is 0 Å². The lowest BCUT2D eigenvalue weighted by Gasteiger charge is -2.11. The van der Waals surface area contributed by atoms with Gasteiger partial charge < -0.3 is 13.9 Å². The summed E-state index contributed by atoms with van der Waals surface area (Å²) >= 11 is 5.80. The highest BCUT2D eigenvalue weighted by molar-refractivity contribution is 6.30. The molecule has 2 heterocycles. The van der Waals surface area contributed by atoms with Crippen LogP contribution < -0.4 is 10.3 Å². The summed E-state index contributed by atoms with van der Waals surface area (Å²) in [7, 11) is 1.92. The molecule has 0 spiro atoms. The minimum Gasteiger partial charge on any atom is -0.486 e. The van der Waals surface area contributed by atoms with E-state index in [0.29, 0.717) is 17.2 Å². The van der Waals surface area contributed by atoms with Crippen molar-refractivity contribution in [1.29, 1.82) is 0 Å². The van der Waals surface area contributed by atoms with Crippen molar-refractivity contribution >= 4 is 11.6 Å². The molecule has 0 unspecified atom stereocenters. The lowest BCUT2D eigenvalue weighted by atomic mass is 10.1. The third-order valence-corrected chi connectivity index (χ3v) is 5.05. The Balaban J connectivity index is 1.52. The van der Waals surface area contributed by atoms with Crippen LogP contribution in [0.4, 0.5) is 4.39 Å². The molecule has 0 saturated carbocycles. The Morgan fingerprint density at radius 2 is 1.83 bits per heavy atom. The van der Waals surface area contributed by atoms with E-state index >= 15 is 0 Å². The third kappa shape index (κ3) is 4.44. The number of benzene rings is 2. The van der Waals surface area contributed by atoms with Gasteiger partial charge in [-0.2, -0.15) is 0 Å². The average molecular weight is 424 g/mol. The van der Waals surface area contributed by atoms with E-state index in [9.17, 15) is 9.18 Å². The molecule has 0 aliphatic carbocycles. The highest BCUT2D eigenvalue weighted by atomic mass is 35.5. The highest BCUT2D eigenvalue weighted by Gasteiger charge is 2.08. The van der Waals surface area contributed by atoms with Crippen LogP contribution in [-0.2, 0) is 20.2 Å². The molecule has 2 aromatic carbocycles. The number of hydrogen-bond donors (Lipinski definition) is 0. The molecule has 2 aromatic heterocycles. The van der Waals surface area contributed by atoms with Crippen LogP contribution >= 0.6 is 11.6 Å². The zero-order valence-electron chi connectivity index (χ0n) is 16.3. The normalized spacial score (nSPS) is 10.9. The van der Waals surface area contributed by atoms with Gasteiger partial charge in [-0.05, 0) is 41.5 Å². The number of hydrogen-bond acceptors (Lipinski definition) is 3. The average Bonchev–Trinajstić information content (AvgIpc) is 3.15. The molecule has 0 bridgehead atoms. The number of rotatable bonds is 6. The summed E-state index contributed by atoms with van der Waals surface area (Å²) in [6, 6.07) is 15.2. The molecule has 0 aliphatic rings. The topological polar surface area (TPSA) is 49.1 Å². The van der Waals surface area contributed by atoms with Crippen molar-refractivity contribution < 1.29 is 9.13 Å². The molecule has 4 rings (SSSR count). The lowest BCUT2D eigenvalue weighted by molar-refractivity contribution is 0.292. The largest absolute Gasteiger partial charge is 0.486 e. The molecule has 5 nitrogen and oxygen atoms in total. The van der Waals surface area contributed by atoms with Crippen LogP contribution in [0.25, 0.3) is 11.1 Å². The van der Waals surface area contributed by atoms with Crippen molar-refractivity contribution in [2.45, 2.75) is 13.2 Å². The molecule has 30 heavy (non-hydrogen) atoms. The Morgan fingerprint density at radius 3 is 2.53 bits per heavy atom. The molecular weight excluding hydrogens is 405 g/mol. The van der Waals surface area contributed by atoms with Gasteiger partial charge in [0.25, 0.3) is 5.56 Å². The van der Waals surface area contributed by atoms with Crippen molar-refractivity contribution in [3.8, 4) is 16.9 Å². The number of aryl methyl sites for hydroxylation is 1. The van der Waals surface area contributed by atoms with Gasteiger partial charge in [-0.3, -0.25) is 4.79 Å². The van der Waals surface area contributed by atoms with Crippen molar-refractivity contribution in [2.75, 3.05) is 0 Å². The van der Waals surface area contributed by atoms with Gasteiger partial charge in [0.1, 0.15) is 24.0 Å². The second-order valence-electron chi connectivity index (χ2n) is 6.89. The molecular formula is C23H19ClFN3O2. The standard InChI is InChI=1S/C23H19ClFN3O2/c1-27-11-10-26-22(27)15-30-20-7-3-16(4-8-20)17-5-9-23(29)28(13-17)14-18-2-6-19(24)12-21(18)25/h2-13H,14-15H2,1H3. The van der Waals surface area contributed by atoms with Gasteiger partial charge >= 0.3 is 0 Å². The Bertz CT molecular complexity index is 1230. The van der Waals surface area contributed by atoms with E-state index in [1.54, 1.807) is 30.6 Å². The van der Waals surface area contributed by atoms with E-state index in [1.165, 1.54) is 16.7 Å². The summed E-state index contributed by atoms with van der Waals surface area (Å²) in [4.78, 5) is 16.5. The van der Waals surface area contributed by atoms with Crippen LogP contribution in [0.2, 0.25) is 5.02 Å². The quantitative estimate of drug-likeness (QED) is 0.453.